The van der Waals surface area contributed by atoms with Gasteiger partial charge in [0.15, 0.2) is 23.1 Å². The number of aromatic amines is 2. The van der Waals surface area contributed by atoms with Gasteiger partial charge in [0.2, 0.25) is 0 Å². The number of anilines is 7. The molecule has 9 N–H and O–H groups in total. The maximum absolute atomic E-state index is 12.5. The van der Waals surface area contributed by atoms with Crippen molar-refractivity contribution < 1.29 is 19.1 Å². The third-order valence-electron chi connectivity index (χ3n) is 9.58. The number of ether oxygens (including phenoxy) is 2. The average molecular weight is 955 g/mol. The summed E-state index contributed by atoms with van der Waals surface area (Å²) in [6.07, 6.45) is 2.91. The Morgan fingerprint density at radius 3 is 1.52 bits per heavy atom. The number of carbonyl (C=O) groups is 2. The molecule has 0 unspecified atom stereocenters. The quantitative estimate of drug-likeness (QED) is 0.0569. The number of nitrogens with one attached hydrogen (secondary N) is 7. The Morgan fingerprint density at radius 1 is 0.580 bits per heavy atom. The van der Waals surface area contributed by atoms with E-state index in [-0.39, 0.29) is 17.0 Å². The van der Waals surface area contributed by atoms with E-state index in [1.54, 1.807) is 46.5 Å². The van der Waals surface area contributed by atoms with Crippen molar-refractivity contribution in [2.24, 2.45) is 0 Å². The van der Waals surface area contributed by atoms with Crippen molar-refractivity contribution in [3.63, 3.8) is 0 Å². The van der Waals surface area contributed by atoms with Crippen LogP contribution in [-0.2, 0) is 0 Å². The summed E-state index contributed by atoms with van der Waals surface area (Å²) in [5.41, 5.74) is 11.6. The van der Waals surface area contributed by atoms with E-state index in [0.29, 0.717) is 103 Å². The molecule has 8 rings (SSSR count). The van der Waals surface area contributed by atoms with Crippen molar-refractivity contribution in [1.29, 1.82) is 0 Å². The number of aromatic nitrogens is 12. The zero-order valence-electron chi connectivity index (χ0n) is 39.5. The van der Waals surface area contributed by atoms with Gasteiger partial charge in [-0.05, 0) is 71.9 Å². The molecule has 0 radical (unpaired) electrons. The molecule has 22 nitrogen and oxygen atoms in total. The average Bonchev–Trinajstić information content (AvgIpc) is 3.95. The number of carbonyl (C=O) groups excluding carboxylic acids is 2. The second-order valence-electron chi connectivity index (χ2n) is 14.9. The fraction of sp³-hybridized carbons (Fsp3) is 0.217. The molecule has 0 bridgehead atoms. The smallest absolute Gasteiger partial charge is 0.254 e. The van der Waals surface area contributed by atoms with E-state index < -0.39 is 0 Å². The van der Waals surface area contributed by atoms with Crippen LogP contribution in [0.25, 0.3) is 22.8 Å². The lowest BCUT2D eigenvalue weighted by Crippen LogP contribution is -2.19. The molecular weight excluding hydrogens is 904 g/mol. The normalized spacial score (nSPS) is 10.4. The van der Waals surface area contributed by atoms with Crippen LogP contribution in [0.15, 0.2) is 73.1 Å². The summed E-state index contributed by atoms with van der Waals surface area (Å²) in [6.45, 7) is 11.1. The van der Waals surface area contributed by atoms with Crippen LogP contribution < -0.4 is 41.8 Å². The monoisotopic (exact) mass is 954 g/mol. The molecule has 23 heteroatoms. The Balaban J connectivity index is 0.000000196. The summed E-state index contributed by atoms with van der Waals surface area (Å²) >= 11 is 6.00. The summed E-state index contributed by atoms with van der Waals surface area (Å²) in [7, 11) is 6.25. The lowest BCUT2D eigenvalue weighted by molar-refractivity contribution is 0.0955. The molecule has 69 heavy (non-hydrogen) atoms. The highest BCUT2D eigenvalue weighted by Gasteiger charge is 2.20. The van der Waals surface area contributed by atoms with Gasteiger partial charge in [-0.15, -0.1) is 0 Å². The molecule has 356 valence electrons. The zero-order chi connectivity index (χ0) is 49.8. The Kier molecular flexibility index (Phi) is 16.3. The predicted molar refractivity (Wildman–Crippen MR) is 264 cm³/mol. The Morgan fingerprint density at radius 2 is 1.07 bits per heavy atom. The maximum atomic E-state index is 12.5. The van der Waals surface area contributed by atoms with Crippen LogP contribution in [0.2, 0.25) is 5.15 Å². The van der Waals surface area contributed by atoms with Crippen LogP contribution in [-0.4, -0.2) is 100 Å². The number of nitrogens with zero attached hydrogens (tertiary/aromatic N) is 10. The molecule has 0 saturated carbocycles. The van der Waals surface area contributed by atoms with Gasteiger partial charge < -0.3 is 41.8 Å². The van der Waals surface area contributed by atoms with Crippen LogP contribution in [0.3, 0.4) is 0 Å². The number of benzene rings is 2. The van der Waals surface area contributed by atoms with Crippen molar-refractivity contribution in [1.82, 2.24) is 70.9 Å². The molecular formula is C46H51ClN18O4. The Bertz CT molecular complexity index is 3030. The van der Waals surface area contributed by atoms with Gasteiger partial charge in [-0.25, -0.2) is 39.9 Å². The molecule has 2 aromatic carbocycles. The van der Waals surface area contributed by atoms with E-state index in [4.69, 9.17) is 26.8 Å². The highest BCUT2D eigenvalue weighted by molar-refractivity contribution is 6.29. The second kappa shape index (κ2) is 22.6. The van der Waals surface area contributed by atoms with Crippen molar-refractivity contribution in [2.75, 3.05) is 50.0 Å². The number of amides is 2. The first-order chi connectivity index (χ1) is 33.1. The molecule has 8 aromatic rings. The van der Waals surface area contributed by atoms with E-state index in [2.05, 4.69) is 86.9 Å². The standard InChI is InChI=1S/C23H25N9O2.C17H17ClN6O2.C6H9N3/c1-12-9-20(27-13(2)26-12)30-19-10-18(16(11-25-19)23(33)24-4)29-17-8-6-7-15(21(17)34-5)22-28-14(3)31-32-22;1-9-21-16(24-23-9)10-5-4-6-12(15(10)26-3)22-13-7-14(18)20-8-11(13)17(25)19-2;1-4-3-6(7)9-5(2)8-4/h6-11H,1-5H3,(H,24,33)(H,28,31,32)(H2,25,26,27,29,30);4-8H,1-3H3,(H,19,25)(H,20,22)(H,21,23,24);3H,1-2H3,(H2,7,8,9). The maximum Gasteiger partial charge on any atom is 0.254 e. The summed E-state index contributed by atoms with van der Waals surface area (Å²) in [6, 6.07) is 18.0. The first-order valence-corrected chi connectivity index (χ1v) is 21.4. The van der Waals surface area contributed by atoms with Gasteiger partial charge in [-0.3, -0.25) is 19.8 Å². The number of pyridine rings is 2. The SMILES string of the molecule is CNC(=O)c1cnc(Cl)cc1Nc1cccc(-c2n[nH]c(C)n2)c1OC.CNC(=O)c1cnc(Nc2cc(C)nc(C)n2)cc1Nc1cccc(-c2n[nH]c(C)n2)c1OC.Cc1cc(N)nc(C)n1. The van der Waals surface area contributed by atoms with Crippen LogP contribution in [0.1, 0.15) is 55.4 Å². The molecule has 0 spiro atoms. The molecule has 0 aliphatic carbocycles. The fourth-order valence-electron chi connectivity index (χ4n) is 6.73. The number of nitrogen functional groups attached to an aromatic ring is 1. The highest BCUT2D eigenvalue weighted by Crippen LogP contribution is 2.39. The first kappa shape index (κ1) is 49.6. The van der Waals surface area contributed by atoms with Gasteiger partial charge in [0.25, 0.3) is 11.8 Å². The Labute approximate surface area is 402 Å². The molecule has 0 aliphatic heterocycles. The first-order valence-electron chi connectivity index (χ1n) is 21.0. The van der Waals surface area contributed by atoms with Crippen LogP contribution >= 0.6 is 11.6 Å². The summed E-state index contributed by atoms with van der Waals surface area (Å²) < 4.78 is 11.2. The number of para-hydroxylation sites is 2. The lowest BCUT2D eigenvalue weighted by atomic mass is 10.1. The molecule has 0 fully saturated rings. The molecule has 0 atom stereocenters. The van der Waals surface area contributed by atoms with Crippen LogP contribution in [0.5, 0.6) is 11.5 Å². The van der Waals surface area contributed by atoms with Gasteiger partial charge in [-0.2, -0.15) is 10.2 Å². The number of halogens is 1. The van der Waals surface area contributed by atoms with Crippen LogP contribution in [0, 0.1) is 41.5 Å². The minimum Gasteiger partial charge on any atom is -0.494 e. The molecule has 6 heterocycles. The van der Waals surface area contributed by atoms with E-state index in [0.717, 1.165) is 17.2 Å². The van der Waals surface area contributed by atoms with Gasteiger partial charge in [0.1, 0.15) is 45.9 Å². The van der Waals surface area contributed by atoms with Crippen molar-refractivity contribution in [2.45, 2.75) is 41.5 Å². The molecule has 0 saturated heterocycles. The van der Waals surface area contributed by atoms with E-state index >= 15 is 0 Å². The van der Waals surface area contributed by atoms with Gasteiger partial charge in [0, 0.05) is 56.1 Å². The number of rotatable bonds is 12. The zero-order valence-corrected chi connectivity index (χ0v) is 40.2. The number of methoxy groups -OCH3 is 2. The van der Waals surface area contributed by atoms with E-state index in [1.165, 1.54) is 12.4 Å². The minimum absolute atomic E-state index is 0.264. The van der Waals surface area contributed by atoms with Gasteiger partial charge >= 0.3 is 0 Å². The van der Waals surface area contributed by atoms with Crippen molar-refractivity contribution >= 4 is 63.6 Å². The predicted octanol–water partition coefficient (Wildman–Crippen LogP) is 7.05. The summed E-state index contributed by atoms with van der Waals surface area (Å²) in [4.78, 5) is 58.4. The molecule has 0 aliphatic rings. The number of hydrogen-bond acceptors (Lipinski definition) is 18. The van der Waals surface area contributed by atoms with E-state index in [9.17, 15) is 9.59 Å². The minimum atomic E-state index is -0.282. The summed E-state index contributed by atoms with van der Waals surface area (Å²) in [5, 5.41) is 29.2. The topological polar surface area (TPSA) is 299 Å². The van der Waals surface area contributed by atoms with Crippen molar-refractivity contribution in [3.8, 4) is 34.3 Å². The van der Waals surface area contributed by atoms with Gasteiger partial charge in [0.05, 0.1) is 59.2 Å². The largest absolute Gasteiger partial charge is 0.494 e. The highest BCUT2D eigenvalue weighted by atomic mass is 35.5. The van der Waals surface area contributed by atoms with E-state index in [1.807, 2.05) is 84.0 Å². The number of H-pyrrole nitrogens is 2. The Hall–Kier alpha value is -8.79. The molecule has 2 amide bonds. The lowest BCUT2D eigenvalue weighted by Gasteiger charge is -2.17. The molecule has 6 aromatic heterocycles. The number of aryl methyl sites for hydroxylation is 6. The van der Waals surface area contributed by atoms with Crippen LogP contribution in [0.4, 0.5) is 40.2 Å². The van der Waals surface area contributed by atoms with Crippen molar-refractivity contribution in [3.05, 3.63) is 124 Å². The number of hydrogen-bond donors (Lipinski definition) is 8. The second-order valence-corrected chi connectivity index (χ2v) is 15.3. The third kappa shape index (κ3) is 12.8. The number of nitrogens with two attached hydrogens (primary N) is 1. The fourth-order valence-corrected chi connectivity index (χ4v) is 6.89. The summed E-state index contributed by atoms with van der Waals surface area (Å²) in [5.74, 6) is 5.97. The third-order valence-corrected chi connectivity index (χ3v) is 9.79. The van der Waals surface area contributed by atoms with Gasteiger partial charge in [-0.1, -0.05) is 23.7 Å².